The van der Waals surface area contributed by atoms with E-state index in [4.69, 9.17) is 0 Å². The van der Waals surface area contributed by atoms with Crippen molar-refractivity contribution < 1.29 is 0 Å². The average molecular weight is 248 g/mol. The van der Waals surface area contributed by atoms with E-state index in [9.17, 15) is 0 Å². The Morgan fingerprint density at radius 1 is 0.833 bits per heavy atom. The summed E-state index contributed by atoms with van der Waals surface area (Å²) in [6, 6.07) is 0. The Hall–Kier alpha value is -1.32. The van der Waals surface area contributed by atoms with Crippen molar-refractivity contribution in [1.82, 2.24) is 0 Å². The average Bonchev–Trinajstić information content (AvgIpc) is 3.20. The number of allylic oxidation sites excluding steroid dienone is 4. The van der Waals surface area contributed by atoms with Gasteiger partial charge in [-0.2, -0.15) is 0 Å². The Morgan fingerprint density at radius 2 is 1.28 bits per heavy atom. The lowest BCUT2D eigenvalue weighted by Gasteiger charge is -1.98. The van der Waals surface area contributed by atoms with Gasteiger partial charge in [0.05, 0.1) is 0 Å². The van der Waals surface area contributed by atoms with Crippen LogP contribution in [0.4, 0.5) is 0 Å². The molecule has 0 aromatic heterocycles. The molecule has 0 aromatic rings. The molecule has 0 amide bonds. The zero-order valence-electron chi connectivity index (χ0n) is 11.0. The van der Waals surface area contributed by atoms with Gasteiger partial charge in [-0.3, -0.25) is 0 Å². The molecule has 0 spiro atoms. The van der Waals surface area contributed by atoms with E-state index >= 15 is 0 Å². The Bertz CT molecular complexity index is 323. The van der Waals surface area contributed by atoms with Crippen molar-refractivity contribution in [3.8, 4) is 0 Å². The molecule has 0 aliphatic heterocycles. The van der Waals surface area contributed by atoms with Gasteiger partial charge in [0.1, 0.15) is 0 Å². The van der Waals surface area contributed by atoms with Crippen LogP contribution >= 0.6 is 0 Å². The Labute approximate surface area is 109 Å². The summed E-state index contributed by atoms with van der Waals surface area (Å²) in [5.74, 6) is 10.9. The molecule has 4 bridgehead atoms. The summed E-state index contributed by atoms with van der Waals surface area (Å²) in [5, 5.41) is 5.28. The molecule has 18 heavy (non-hydrogen) atoms. The molecule has 100 valence electrons. The second-order valence-corrected chi connectivity index (χ2v) is 5.64. The van der Waals surface area contributed by atoms with Gasteiger partial charge in [0.2, 0.25) is 0 Å². The van der Waals surface area contributed by atoms with Gasteiger partial charge in [-0.15, -0.1) is 0 Å². The van der Waals surface area contributed by atoms with Crippen molar-refractivity contribution in [2.24, 2.45) is 34.0 Å². The summed E-state index contributed by atoms with van der Waals surface area (Å²) >= 11 is 0. The van der Waals surface area contributed by atoms with Gasteiger partial charge < -0.3 is 11.7 Å². The maximum atomic E-state index is 4.36. The Morgan fingerprint density at radius 3 is 1.33 bits per heavy atom. The van der Waals surface area contributed by atoms with Crippen LogP contribution in [0.15, 0.2) is 33.7 Å². The fraction of sp³-hybridized carbons (Fsp3) is 0.714. The largest absolute Gasteiger partial charge is 0.303 e. The van der Waals surface area contributed by atoms with Crippen LogP contribution in [-0.2, 0) is 0 Å². The van der Waals surface area contributed by atoms with E-state index in [1.807, 2.05) is 0 Å². The van der Waals surface area contributed by atoms with Crippen molar-refractivity contribution in [1.29, 1.82) is 0 Å². The van der Waals surface area contributed by atoms with E-state index in [-0.39, 0.29) is 0 Å². The topological polar surface area (TPSA) is 76.8 Å². The SMILES string of the molecule is C1=C2CCC(C1)C2.C1=C2CCC(C1)C2.NN=NN. The molecule has 2 fully saturated rings. The first-order valence-electron chi connectivity index (χ1n) is 6.97. The lowest BCUT2D eigenvalue weighted by Crippen LogP contribution is -1.85. The highest BCUT2D eigenvalue weighted by atomic mass is 15.4. The highest BCUT2D eigenvalue weighted by Crippen LogP contribution is 2.39. The lowest BCUT2D eigenvalue weighted by molar-refractivity contribution is 0.576. The first kappa shape index (κ1) is 13.1. The minimum Gasteiger partial charge on any atom is -0.303 e. The van der Waals surface area contributed by atoms with Gasteiger partial charge >= 0.3 is 0 Å². The molecule has 4 aliphatic carbocycles. The van der Waals surface area contributed by atoms with Crippen molar-refractivity contribution in [3.05, 3.63) is 23.3 Å². The van der Waals surface area contributed by atoms with Gasteiger partial charge in [-0.1, -0.05) is 33.7 Å². The number of nitrogens with two attached hydrogens (primary N) is 2. The summed E-state index contributed by atoms with van der Waals surface area (Å²) < 4.78 is 0. The molecule has 0 aromatic carbocycles. The fourth-order valence-electron chi connectivity index (χ4n) is 3.37. The first-order chi connectivity index (χ1) is 8.81. The molecule has 4 nitrogen and oxygen atoms in total. The molecule has 2 saturated carbocycles. The molecule has 0 heterocycles. The van der Waals surface area contributed by atoms with E-state index in [0.29, 0.717) is 0 Å². The van der Waals surface area contributed by atoms with E-state index < -0.39 is 0 Å². The number of hydrogen-bond donors (Lipinski definition) is 2. The second-order valence-electron chi connectivity index (χ2n) is 5.64. The zero-order chi connectivity index (χ0) is 12.8. The lowest BCUT2D eigenvalue weighted by atomic mass is 10.1. The van der Waals surface area contributed by atoms with E-state index in [0.717, 1.165) is 11.8 Å². The molecular weight excluding hydrogens is 224 g/mol. The first-order valence-corrected chi connectivity index (χ1v) is 6.97. The van der Waals surface area contributed by atoms with Crippen LogP contribution < -0.4 is 11.7 Å². The fourth-order valence-corrected chi connectivity index (χ4v) is 3.37. The summed E-state index contributed by atoms with van der Waals surface area (Å²) in [6.07, 6.45) is 16.4. The smallest absolute Gasteiger partial charge is 0.0289 e. The minimum atomic E-state index is 1.08. The van der Waals surface area contributed by atoms with Gasteiger partial charge in [0, 0.05) is 0 Å². The number of nitrogens with zero attached hydrogens (tertiary/aromatic N) is 2. The summed E-state index contributed by atoms with van der Waals surface area (Å²) in [6.45, 7) is 0. The van der Waals surface area contributed by atoms with Crippen LogP contribution in [0.5, 0.6) is 0 Å². The zero-order valence-corrected chi connectivity index (χ0v) is 11.0. The Kier molecular flexibility index (Phi) is 4.79. The highest BCUT2D eigenvalue weighted by Gasteiger charge is 2.23. The number of rotatable bonds is 0. The van der Waals surface area contributed by atoms with Crippen LogP contribution in [0.1, 0.15) is 51.4 Å². The highest BCUT2D eigenvalue weighted by molar-refractivity contribution is 5.15. The maximum absolute atomic E-state index is 4.36. The van der Waals surface area contributed by atoms with Crippen LogP contribution in [0, 0.1) is 11.8 Å². The minimum absolute atomic E-state index is 1.08. The van der Waals surface area contributed by atoms with Gasteiger partial charge in [-0.25, -0.2) is 0 Å². The number of hydrogen-bond acceptors (Lipinski definition) is 2. The molecule has 0 radical (unpaired) electrons. The quantitative estimate of drug-likeness (QED) is 0.298. The van der Waals surface area contributed by atoms with Gasteiger partial charge in [-0.05, 0) is 63.2 Å². The number of fused-ring (bicyclic) bond motifs is 4. The van der Waals surface area contributed by atoms with Crippen molar-refractivity contribution >= 4 is 0 Å². The molecule has 4 heteroatoms. The molecule has 4 N–H and O–H groups in total. The normalized spacial score (nSPS) is 30.4. The molecular formula is C14H24N4. The summed E-state index contributed by atoms with van der Waals surface area (Å²) in [7, 11) is 0. The predicted molar refractivity (Wildman–Crippen MR) is 73.3 cm³/mol. The van der Waals surface area contributed by atoms with Crippen LogP contribution in [-0.4, -0.2) is 0 Å². The van der Waals surface area contributed by atoms with E-state index in [2.05, 4.69) is 34.3 Å². The van der Waals surface area contributed by atoms with Crippen LogP contribution in [0.3, 0.4) is 0 Å². The summed E-state index contributed by atoms with van der Waals surface area (Å²) in [4.78, 5) is 0. The van der Waals surface area contributed by atoms with E-state index in [1.54, 1.807) is 11.1 Å². The molecule has 4 rings (SSSR count). The third-order valence-corrected chi connectivity index (χ3v) is 4.40. The molecule has 2 atom stereocenters. The monoisotopic (exact) mass is 248 g/mol. The third-order valence-electron chi connectivity index (χ3n) is 4.40. The summed E-state index contributed by atoms with van der Waals surface area (Å²) in [5.41, 5.74) is 3.48. The molecule has 0 saturated heterocycles. The van der Waals surface area contributed by atoms with Gasteiger partial charge in [0.25, 0.3) is 0 Å². The third kappa shape index (κ3) is 3.59. The Balaban J connectivity index is 0.000000106. The second kappa shape index (κ2) is 6.57. The van der Waals surface area contributed by atoms with Crippen molar-refractivity contribution in [2.45, 2.75) is 51.4 Å². The maximum Gasteiger partial charge on any atom is -0.0289 e. The van der Waals surface area contributed by atoms with Crippen molar-refractivity contribution in [3.63, 3.8) is 0 Å². The van der Waals surface area contributed by atoms with Gasteiger partial charge in [0.15, 0.2) is 0 Å². The van der Waals surface area contributed by atoms with Crippen LogP contribution in [0.2, 0.25) is 0 Å². The van der Waals surface area contributed by atoms with E-state index in [1.165, 1.54) is 51.4 Å². The van der Waals surface area contributed by atoms with Crippen molar-refractivity contribution in [2.75, 3.05) is 0 Å². The molecule has 2 unspecified atom stereocenters. The molecule has 4 aliphatic rings. The van der Waals surface area contributed by atoms with Crippen LogP contribution in [0.25, 0.3) is 0 Å². The predicted octanol–water partition coefficient (Wildman–Crippen LogP) is 3.42. The standard InChI is InChI=1S/2C7H10.H4N4/c2*1-2-7-4-3-6(1)5-7;1-3-4-2/h2*1,7H,2-5H2;(H2,1,4)(H2,2,3).